The van der Waals surface area contributed by atoms with Gasteiger partial charge in [0.2, 0.25) is 0 Å². The van der Waals surface area contributed by atoms with Crippen molar-refractivity contribution in [1.29, 1.82) is 0 Å². The predicted molar refractivity (Wildman–Crippen MR) is 114 cm³/mol. The third-order valence-electron chi connectivity index (χ3n) is 5.72. The molecule has 7 heteroatoms. The van der Waals surface area contributed by atoms with E-state index in [1.54, 1.807) is 11.9 Å². The Labute approximate surface area is 178 Å². The summed E-state index contributed by atoms with van der Waals surface area (Å²) in [5.41, 5.74) is 2.54. The van der Waals surface area contributed by atoms with Gasteiger partial charge in [-0.3, -0.25) is 0 Å². The predicted octanol–water partition coefficient (Wildman–Crippen LogP) is 5.43. The molecule has 0 aliphatic heterocycles. The van der Waals surface area contributed by atoms with Gasteiger partial charge in [0.25, 0.3) is 0 Å². The molecule has 0 radical (unpaired) electrons. The first-order chi connectivity index (χ1) is 14.2. The highest BCUT2D eigenvalue weighted by Gasteiger charge is 2.25. The summed E-state index contributed by atoms with van der Waals surface area (Å²) in [6.45, 7) is 9.70. The maximum absolute atomic E-state index is 12.4. The summed E-state index contributed by atoms with van der Waals surface area (Å²) < 4.78 is 17.2. The van der Waals surface area contributed by atoms with E-state index in [2.05, 4.69) is 10.1 Å². The largest absolute Gasteiger partial charge is 0.489 e. The minimum absolute atomic E-state index is 0.0744. The summed E-state index contributed by atoms with van der Waals surface area (Å²) in [7, 11) is 1.72. The van der Waals surface area contributed by atoms with Crippen LogP contribution in [0, 0.1) is 13.8 Å². The van der Waals surface area contributed by atoms with Crippen LogP contribution in [0.25, 0.3) is 11.5 Å². The van der Waals surface area contributed by atoms with Crippen molar-refractivity contribution in [2.75, 3.05) is 7.05 Å². The van der Waals surface area contributed by atoms with Gasteiger partial charge in [0.1, 0.15) is 18.1 Å². The fraction of sp³-hybridized carbons (Fsp3) is 0.609. The van der Waals surface area contributed by atoms with Gasteiger partial charge in [0, 0.05) is 12.6 Å². The van der Waals surface area contributed by atoms with E-state index in [9.17, 15) is 4.79 Å². The van der Waals surface area contributed by atoms with Crippen molar-refractivity contribution in [3.8, 4) is 17.2 Å². The Morgan fingerprint density at radius 1 is 1.17 bits per heavy atom. The van der Waals surface area contributed by atoms with Gasteiger partial charge in [0.15, 0.2) is 5.76 Å². The number of rotatable bonds is 5. The van der Waals surface area contributed by atoms with E-state index >= 15 is 0 Å². The van der Waals surface area contributed by atoms with Crippen LogP contribution in [-0.2, 0) is 11.3 Å². The number of hydrogen-bond donors (Lipinski definition) is 0. The van der Waals surface area contributed by atoms with Gasteiger partial charge in [-0.05, 0) is 72.4 Å². The van der Waals surface area contributed by atoms with Crippen LogP contribution in [0.2, 0.25) is 0 Å². The van der Waals surface area contributed by atoms with E-state index in [1.807, 2.05) is 46.8 Å². The monoisotopic (exact) mass is 415 g/mol. The van der Waals surface area contributed by atoms with Gasteiger partial charge >= 0.3 is 6.09 Å². The lowest BCUT2D eigenvalue weighted by Crippen LogP contribution is -2.42. The van der Waals surface area contributed by atoms with E-state index in [0.29, 0.717) is 17.1 Å². The first-order valence-electron chi connectivity index (χ1n) is 10.7. The number of carbonyl (C=O) groups is 1. The number of hydrogen-bond acceptors (Lipinski definition) is 6. The topological polar surface area (TPSA) is 77.7 Å². The highest BCUT2D eigenvalue weighted by Crippen LogP contribution is 2.30. The molecule has 164 valence electrons. The first-order valence-corrected chi connectivity index (χ1v) is 10.7. The molecule has 1 saturated carbocycles. The van der Waals surface area contributed by atoms with Crippen LogP contribution in [0.3, 0.4) is 0 Å². The molecule has 0 aromatic carbocycles. The maximum atomic E-state index is 12.4. The Kier molecular flexibility index (Phi) is 6.68. The summed E-state index contributed by atoms with van der Waals surface area (Å²) in [6.07, 6.45) is 5.81. The van der Waals surface area contributed by atoms with E-state index < -0.39 is 6.09 Å². The number of aryl methyl sites for hydroxylation is 2. The summed E-state index contributed by atoms with van der Waals surface area (Å²) in [5.74, 6) is 1.33. The van der Waals surface area contributed by atoms with Crippen molar-refractivity contribution < 1.29 is 18.8 Å². The molecule has 1 aliphatic carbocycles. The van der Waals surface area contributed by atoms with Crippen LogP contribution < -0.4 is 4.74 Å². The minimum Gasteiger partial charge on any atom is -0.489 e. The average Bonchev–Trinajstić information content (AvgIpc) is 3.07. The van der Waals surface area contributed by atoms with Crippen molar-refractivity contribution >= 4 is 6.09 Å². The summed E-state index contributed by atoms with van der Waals surface area (Å²) in [4.78, 5) is 18.6. The first kappa shape index (κ1) is 22.1. The molecule has 3 rings (SSSR count). The van der Waals surface area contributed by atoms with Gasteiger partial charge in [-0.2, -0.15) is 0 Å². The Bertz CT molecular complexity index is 879. The Hall–Kier alpha value is -2.57. The second-order valence-electron chi connectivity index (χ2n) is 9.02. The number of aromatic nitrogens is 2. The average molecular weight is 416 g/mol. The summed E-state index contributed by atoms with van der Waals surface area (Å²) >= 11 is 0. The summed E-state index contributed by atoms with van der Waals surface area (Å²) in [6, 6.07) is 3.81. The van der Waals surface area contributed by atoms with E-state index in [0.717, 1.165) is 29.8 Å². The van der Waals surface area contributed by atoms with Crippen molar-refractivity contribution in [2.24, 2.45) is 0 Å². The molecule has 2 heterocycles. The molecule has 0 saturated heterocycles. The Morgan fingerprint density at radius 3 is 2.50 bits per heavy atom. The smallest absolute Gasteiger partial charge is 0.410 e. The highest BCUT2D eigenvalue weighted by atomic mass is 16.6. The van der Waals surface area contributed by atoms with Crippen LogP contribution in [0.4, 0.5) is 4.79 Å². The van der Waals surface area contributed by atoms with Crippen LogP contribution >= 0.6 is 0 Å². The molecule has 7 nitrogen and oxygen atoms in total. The standard InChI is InChI=1S/C23H33N3O4/c1-15-18(14-28-22(27)26(6)23(3,4)5)21(30-25-15)19-12-13-20(16(2)24-19)29-17-10-8-7-9-11-17/h12-13,17H,7-11,14H2,1-6H3. The van der Waals surface area contributed by atoms with Crippen LogP contribution in [0.5, 0.6) is 5.75 Å². The van der Waals surface area contributed by atoms with E-state index in [-0.39, 0.29) is 18.2 Å². The van der Waals surface area contributed by atoms with Crippen molar-refractivity contribution in [2.45, 2.75) is 85.0 Å². The van der Waals surface area contributed by atoms with Gasteiger partial charge in [0.05, 0.1) is 23.1 Å². The number of nitrogens with zero attached hydrogens (tertiary/aromatic N) is 3. The molecule has 1 fully saturated rings. The van der Waals surface area contributed by atoms with E-state index in [1.165, 1.54) is 19.3 Å². The Morgan fingerprint density at radius 2 is 1.87 bits per heavy atom. The van der Waals surface area contributed by atoms with Crippen molar-refractivity contribution in [3.05, 3.63) is 29.1 Å². The molecule has 0 unspecified atom stereocenters. The quantitative estimate of drug-likeness (QED) is 0.648. The molecule has 0 spiro atoms. The highest BCUT2D eigenvalue weighted by molar-refractivity contribution is 5.68. The molecular weight excluding hydrogens is 382 g/mol. The lowest BCUT2D eigenvalue weighted by molar-refractivity contribution is 0.0758. The maximum Gasteiger partial charge on any atom is 0.410 e. The molecule has 2 aromatic heterocycles. The zero-order valence-corrected chi connectivity index (χ0v) is 18.9. The third-order valence-corrected chi connectivity index (χ3v) is 5.72. The SMILES string of the molecule is Cc1nc(-c2onc(C)c2COC(=O)N(C)C(C)(C)C)ccc1OC1CCCCC1. The van der Waals surface area contributed by atoms with Crippen molar-refractivity contribution in [3.63, 3.8) is 0 Å². The minimum atomic E-state index is -0.394. The molecule has 1 amide bonds. The second kappa shape index (κ2) is 9.06. The van der Waals surface area contributed by atoms with Gasteiger partial charge in [-0.25, -0.2) is 9.78 Å². The number of amides is 1. The third kappa shape index (κ3) is 5.12. The van der Waals surface area contributed by atoms with Gasteiger partial charge < -0.3 is 18.9 Å². The molecular formula is C23H33N3O4. The molecule has 2 aromatic rings. The van der Waals surface area contributed by atoms with E-state index in [4.69, 9.17) is 14.0 Å². The molecule has 0 bridgehead atoms. The van der Waals surface area contributed by atoms with Gasteiger partial charge in [-0.15, -0.1) is 0 Å². The Balaban J connectivity index is 1.73. The lowest BCUT2D eigenvalue weighted by atomic mass is 9.98. The fourth-order valence-electron chi connectivity index (χ4n) is 3.43. The van der Waals surface area contributed by atoms with Gasteiger partial charge in [-0.1, -0.05) is 11.6 Å². The number of ether oxygens (including phenoxy) is 2. The zero-order valence-electron chi connectivity index (χ0n) is 18.9. The van der Waals surface area contributed by atoms with Crippen LogP contribution in [0.15, 0.2) is 16.7 Å². The van der Waals surface area contributed by atoms with Crippen LogP contribution in [-0.4, -0.2) is 39.8 Å². The molecule has 1 aliphatic rings. The summed E-state index contributed by atoms with van der Waals surface area (Å²) in [5, 5.41) is 4.06. The number of pyridine rings is 1. The number of carbonyl (C=O) groups excluding carboxylic acids is 1. The second-order valence-corrected chi connectivity index (χ2v) is 9.02. The van der Waals surface area contributed by atoms with Crippen LogP contribution in [0.1, 0.15) is 69.8 Å². The fourth-order valence-corrected chi connectivity index (χ4v) is 3.43. The molecule has 0 atom stereocenters. The molecule has 0 N–H and O–H groups in total. The normalized spacial score (nSPS) is 15.1. The molecule has 30 heavy (non-hydrogen) atoms. The zero-order chi connectivity index (χ0) is 21.9. The lowest BCUT2D eigenvalue weighted by Gasteiger charge is -2.30. The van der Waals surface area contributed by atoms with Crippen molar-refractivity contribution in [1.82, 2.24) is 15.0 Å².